The summed E-state index contributed by atoms with van der Waals surface area (Å²) in [5.41, 5.74) is 2.48. The van der Waals surface area contributed by atoms with E-state index in [9.17, 15) is 14.4 Å². The lowest BCUT2D eigenvalue weighted by Gasteiger charge is -2.16. The molecule has 0 spiro atoms. The van der Waals surface area contributed by atoms with E-state index >= 15 is 0 Å². The van der Waals surface area contributed by atoms with Gasteiger partial charge in [0.2, 0.25) is 5.91 Å². The van der Waals surface area contributed by atoms with Crippen molar-refractivity contribution in [3.63, 3.8) is 0 Å². The van der Waals surface area contributed by atoms with Crippen LogP contribution in [0.3, 0.4) is 0 Å². The molecule has 134 valence electrons. The van der Waals surface area contributed by atoms with Gasteiger partial charge in [0.1, 0.15) is 0 Å². The first-order valence-electron chi connectivity index (χ1n) is 8.41. The first-order valence-corrected chi connectivity index (χ1v) is 8.41. The Balaban J connectivity index is 1.50. The molecule has 2 aromatic carbocycles. The lowest BCUT2D eigenvalue weighted by Crippen LogP contribution is -2.28. The van der Waals surface area contributed by atoms with Crippen LogP contribution in [-0.2, 0) is 19.1 Å². The number of nitrogens with one attached hydrogen (secondary N) is 1. The number of rotatable bonds is 5. The minimum atomic E-state index is -0.560. The Morgan fingerprint density at radius 3 is 2.50 bits per heavy atom. The molecule has 0 radical (unpaired) electrons. The number of carbonyl (C=O) groups excluding carboxylic acids is 3. The van der Waals surface area contributed by atoms with E-state index < -0.39 is 17.8 Å². The highest BCUT2D eigenvalue weighted by atomic mass is 16.5. The van der Waals surface area contributed by atoms with E-state index in [2.05, 4.69) is 5.32 Å². The lowest BCUT2D eigenvalue weighted by atomic mass is 10.1. The first-order chi connectivity index (χ1) is 12.5. The van der Waals surface area contributed by atoms with Gasteiger partial charge in [-0.1, -0.05) is 35.9 Å². The molecule has 1 heterocycles. The van der Waals surface area contributed by atoms with Gasteiger partial charge in [0.05, 0.1) is 5.92 Å². The Hall–Kier alpha value is -3.15. The second-order valence-corrected chi connectivity index (χ2v) is 6.26. The van der Waals surface area contributed by atoms with E-state index in [0.717, 1.165) is 11.3 Å². The highest BCUT2D eigenvalue weighted by molar-refractivity contribution is 6.00. The fourth-order valence-electron chi connectivity index (χ4n) is 2.81. The van der Waals surface area contributed by atoms with Gasteiger partial charge < -0.3 is 15.0 Å². The number of benzene rings is 2. The van der Waals surface area contributed by atoms with Gasteiger partial charge in [-0.15, -0.1) is 0 Å². The summed E-state index contributed by atoms with van der Waals surface area (Å²) in [4.78, 5) is 37.8. The molecule has 1 N–H and O–H groups in total. The lowest BCUT2D eigenvalue weighted by molar-refractivity contribution is -0.151. The zero-order valence-corrected chi connectivity index (χ0v) is 14.5. The third kappa shape index (κ3) is 4.27. The van der Waals surface area contributed by atoms with Gasteiger partial charge in [-0.2, -0.15) is 0 Å². The normalized spacial score (nSPS) is 16.4. The molecule has 1 aliphatic rings. The van der Waals surface area contributed by atoms with Crippen molar-refractivity contribution in [3.05, 3.63) is 60.2 Å². The number of esters is 1. The maximum atomic E-state index is 12.2. The molecular formula is C20H20N2O4. The Bertz CT molecular complexity index is 802. The number of nitrogens with zero attached hydrogens (tertiary/aromatic N) is 1. The summed E-state index contributed by atoms with van der Waals surface area (Å²) in [7, 11) is 0. The van der Waals surface area contributed by atoms with Crippen LogP contribution in [0.25, 0.3) is 0 Å². The van der Waals surface area contributed by atoms with Crippen LogP contribution in [0.1, 0.15) is 12.0 Å². The van der Waals surface area contributed by atoms with Crippen LogP contribution in [0, 0.1) is 12.8 Å². The van der Waals surface area contributed by atoms with E-state index in [1.807, 2.05) is 49.4 Å². The average molecular weight is 352 g/mol. The van der Waals surface area contributed by atoms with E-state index in [1.54, 1.807) is 17.0 Å². The fraction of sp³-hybridized carbons (Fsp3) is 0.250. The largest absolute Gasteiger partial charge is 0.455 e. The number of hydrogen-bond acceptors (Lipinski definition) is 4. The topological polar surface area (TPSA) is 75.7 Å². The zero-order valence-electron chi connectivity index (χ0n) is 14.5. The number of carbonyl (C=O) groups is 3. The summed E-state index contributed by atoms with van der Waals surface area (Å²) < 4.78 is 5.09. The molecule has 0 bridgehead atoms. The number of aryl methyl sites for hydroxylation is 1. The van der Waals surface area contributed by atoms with Gasteiger partial charge in [-0.05, 0) is 31.2 Å². The van der Waals surface area contributed by atoms with Gasteiger partial charge in [-0.25, -0.2) is 0 Å². The Labute approximate surface area is 151 Å². The maximum absolute atomic E-state index is 12.2. The average Bonchev–Trinajstić information content (AvgIpc) is 3.04. The Morgan fingerprint density at radius 1 is 1.12 bits per heavy atom. The van der Waals surface area contributed by atoms with Crippen molar-refractivity contribution >= 4 is 29.2 Å². The molecule has 0 aromatic heterocycles. The van der Waals surface area contributed by atoms with E-state index in [1.165, 1.54) is 0 Å². The van der Waals surface area contributed by atoms with Crippen LogP contribution in [0.2, 0.25) is 0 Å². The van der Waals surface area contributed by atoms with Gasteiger partial charge in [0.15, 0.2) is 6.61 Å². The molecule has 2 amide bonds. The second-order valence-electron chi connectivity index (χ2n) is 6.26. The molecule has 0 aliphatic carbocycles. The molecule has 3 rings (SSSR count). The maximum Gasteiger partial charge on any atom is 0.311 e. The van der Waals surface area contributed by atoms with Crippen molar-refractivity contribution in [2.24, 2.45) is 5.92 Å². The summed E-state index contributed by atoms with van der Waals surface area (Å²) in [6, 6.07) is 16.5. The molecule has 6 heteroatoms. The molecule has 1 aliphatic heterocycles. The van der Waals surface area contributed by atoms with Crippen molar-refractivity contribution in [1.82, 2.24) is 0 Å². The Morgan fingerprint density at radius 2 is 1.81 bits per heavy atom. The molecule has 6 nitrogen and oxygen atoms in total. The van der Waals surface area contributed by atoms with Gasteiger partial charge in [0.25, 0.3) is 5.91 Å². The minimum Gasteiger partial charge on any atom is -0.455 e. The molecule has 2 aromatic rings. The van der Waals surface area contributed by atoms with Gasteiger partial charge in [0, 0.05) is 24.3 Å². The molecule has 1 unspecified atom stereocenters. The van der Waals surface area contributed by atoms with Crippen LogP contribution >= 0.6 is 0 Å². The quantitative estimate of drug-likeness (QED) is 0.839. The summed E-state index contributed by atoms with van der Waals surface area (Å²) in [6.45, 7) is 1.85. The molecule has 1 atom stereocenters. The van der Waals surface area contributed by atoms with Crippen LogP contribution in [-0.4, -0.2) is 30.9 Å². The van der Waals surface area contributed by atoms with Crippen LogP contribution in [0.5, 0.6) is 0 Å². The third-order valence-electron chi connectivity index (χ3n) is 4.21. The minimum absolute atomic E-state index is 0.0906. The Kier molecular flexibility index (Phi) is 5.31. The standard InChI is InChI=1S/C20H20N2O4/c1-14-7-9-16(10-8-14)21-18(23)13-26-20(25)15-11-19(24)22(12-15)17-5-3-2-4-6-17/h2-10,15H,11-13H2,1H3,(H,21,23). The number of hydrogen-bond donors (Lipinski definition) is 1. The number of ether oxygens (including phenoxy) is 1. The smallest absolute Gasteiger partial charge is 0.311 e. The van der Waals surface area contributed by atoms with Crippen LogP contribution in [0.15, 0.2) is 54.6 Å². The molecule has 0 saturated carbocycles. The predicted molar refractivity (Wildman–Crippen MR) is 97.7 cm³/mol. The molecule has 1 fully saturated rings. The van der Waals surface area contributed by atoms with E-state index in [4.69, 9.17) is 4.74 Å². The summed E-state index contributed by atoms with van der Waals surface area (Å²) in [5, 5.41) is 2.66. The summed E-state index contributed by atoms with van der Waals surface area (Å²) in [5.74, 6) is -1.63. The van der Waals surface area contributed by atoms with Gasteiger partial charge in [-0.3, -0.25) is 14.4 Å². The second kappa shape index (κ2) is 7.82. The van der Waals surface area contributed by atoms with Crippen LogP contribution < -0.4 is 10.2 Å². The highest BCUT2D eigenvalue weighted by Crippen LogP contribution is 2.25. The third-order valence-corrected chi connectivity index (χ3v) is 4.21. The van der Waals surface area contributed by atoms with Crippen molar-refractivity contribution in [2.45, 2.75) is 13.3 Å². The molecule has 26 heavy (non-hydrogen) atoms. The van der Waals surface area contributed by atoms with Crippen molar-refractivity contribution in [3.8, 4) is 0 Å². The van der Waals surface area contributed by atoms with Crippen molar-refractivity contribution < 1.29 is 19.1 Å². The van der Waals surface area contributed by atoms with Crippen molar-refractivity contribution in [1.29, 1.82) is 0 Å². The summed E-state index contributed by atoms with van der Waals surface area (Å²) in [6.07, 6.45) is 0.0906. The number of amides is 2. The van der Waals surface area contributed by atoms with E-state index in [0.29, 0.717) is 5.69 Å². The zero-order chi connectivity index (χ0) is 18.5. The molecule has 1 saturated heterocycles. The summed E-state index contributed by atoms with van der Waals surface area (Å²) >= 11 is 0. The fourth-order valence-corrected chi connectivity index (χ4v) is 2.81. The van der Waals surface area contributed by atoms with Crippen molar-refractivity contribution in [2.75, 3.05) is 23.4 Å². The molecular weight excluding hydrogens is 332 g/mol. The van der Waals surface area contributed by atoms with E-state index in [-0.39, 0.29) is 25.5 Å². The number of anilines is 2. The monoisotopic (exact) mass is 352 g/mol. The van der Waals surface area contributed by atoms with Crippen LogP contribution in [0.4, 0.5) is 11.4 Å². The first kappa shape index (κ1) is 17.7. The highest BCUT2D eigenvalue weighted by Gasteiger charge is 2.36. The predicted octanol–water partition coefficient (Wildman–Crippen LogP) is 2.53. The van der Waals surface area contributed by atoms with Gasteiger partial charge >= 0.3 is 5.97 Å². The SMILES string of the molecule is Cc1ccc(NC(=O)COC(=O)C2CC(=O)N(c3ccccc3)C2)cc1. The number of para-hydroxylation sites is 1.